The first-order valence-corrected chi connectivity index (χ1v) is 6.14. The van der Waals surface area contributed by atoms with Crippen LogP contribution in [-0.4, -0.2) is 55.0 Å². The standard InChI is InChI=1S/C11H21F3N2O/c12-11(13,14)4-8-16-6-2-10(3-7-16)15-5-1-9-17/h10,15,17H,1-9H2. The lowest BCUT2D eigenvalue weighted by atomic mass is 10.0. The van der Waals surface area contributed by atoms with Crippen molar-refractivity contribution in [2.75, 3.05) is 32.8 Å². The molecule has 1 fully saturated rings. The van der Waals surface area contributed by atoms with Crippen LogP contribution in [0.1, 0.15) is 25.7 Å². The molecule has 1 saturated heterocycles. The molecule has 0 spiro atoms. The molecule has 0 unspecified atom stereocenters. The number of halogens is 3. The first-order valence-electron chi connectivity index (χ1n) is 6.14. The second kappa shape index (κ2) is 7.18. The molecular formula is C11H21F3N2O. The minimum atomic E-state index is -4.05. The number of rotatable bonds is 6. The van der Waals surface area contributed by atoms with Gasteiger partial charge in [-0.05, 0) is 38.9 Å². The SMILES string of the molecule is OCCCNC1CCN(CCC(F)(F)F)CC1. The lowest BCUT2D eigenvalue weighted by Gasteiger charge is -2.32. The van der Waals surface area contributed by atoms with E-state index in [1.165, 1.54) is 0 Å². The van der Waals surface area contributed by atoms with Gasteiger partial charge in [0.15, 0.2) is 0 Å². The molecule has 0 aromatic carbocycles. The zero-order valence-corrected chi connectivity index (χ0v) is 9.97. The molecule has 1 aliphatic rings. The number of hydrogen-bond donors (Lipinski definition) is 2. The molecule has 3 nitrogen and oxygen atoms in total. The second-order valence-corrected chi connectivity index (χ2v) is 4.51. The topological polar surface area (TPSA) is 35.5 Å². The largest absolute Gasteiger partial charge is 0.396 e. The predicted octanol–water partition coefficient (Wildman–Crippen LogP) is 1.38. The minimum Gasteiger partial charge on any atom is -0.396 e. The Morgan fingerprint density at radius 1 is 1.24 bits per heavy atom. The summed E-state index contributed by atoms with van der Waals surface area (Å²) in [6, 6.07) is 0.392. The zero-order chi connectivity index (χ0) is 12.7. The highest BCUT2D eigenvalue weighted by Gasteiger charge is 2.28. The summed E-state index contributed by atoms with van der Waals surface area (Å²) in [4.78, 5) is 1.87. The number of piperidine rings is 1. The van der Waals surface area contributed by atoms with Crippen LogP contribution in [0, 0.1) is 0 Å². The molecule has 1 heterocycles. The van der Waals surface area contributed by atoms with Gasteiger partial charge >= 0.3 is 6.18 Å². The summed E-state index contributed by atoms with van der Waals surface area (Å²) in [7, 11) is 0. The van der Waals surface area contributed by atoms with Crippen LogP contribution < -0.4 is 5.32 Å². The van der Waals surface area contributed by atoms with Gasteiger partial charge in [-0.15, -0.1) is 0 Å². The second-order valence-electron chi connectivity index (χ2n) is 4.51. The van der Waals surface area contributed by atoms with Crippen LogP contribution in [0.4, 0.5) is 13.2 Å². The van der Waals surface area contributed by atoms with E-state index >= 15 is 0 Å². The Labute approximate surface area is 100.0 Å². The van der Waals surface area contributed by atoms with Crippen LogP contribution in [0.25, 0.3) is 0 Å². The number of likely N-dealkylation sites (tertiary alicyclic amines) is 1. The molecule has 1 rings (SSSR count). The van der Waals surface area contributed by atoms with Crippen LogP contribution in [0.3, 0.4) is 0 Å². The highest BCUT2D eigenvalue weighted by molar-refractivity contribution is 4.77. The predicted molar refractivity (Wildman–Crippen MR) is 59.8 cm³/mol. The van der Waals surface area contributed by atoms with Crippen molar-refractivity contribution in [2.24, 2.45) is 0 Å². The van der Waals surface area contributed by atoms with Crippen LogP contribution in [0.2, 0.25) is 0 Å². The number of aliphatic hydroxyl groups excluding tert-OH is 1. The maximum atomic E-state index is 12.0. The monoisotopic (exact) mass is 254 g/mol. The highest BCUT2D eigenvalue weighted by Crippen LogP contribution is 2.21. The van der Waals surface area contributed by atoms with Gasteiger partial charge < -0.3 is 15.3 Å². The Morgan fingerprint density at radius 3 is 2.41 bits per heavy atom. The van der Waals surface area contributed by atoms with Gasteiger partial charge in [0.25, 0.3) is 0 Å². The average molecular weight is 254 g/mol. The third-order valence-electron chi connectivity index (χ3n) is 3.07. The molecule has 0 aromatic rings. The van der Waals surface area contributed by atoms with E-state index in [1.54, 1.807) is 0 Å². The fraction of sp³-hybridized carbons (Fsp3) is 1.00. The molecule has 0 saturated carbocycles. The van der Waals surface area contributed by atoms with Gasteiger partial charge in [-0.2, -0.15) is 13.2 Å². The lowest BCUT2D eigenvalue weighted by Crippen LogP contribution is -2.43. The number of nitrogens with zero attached hydrogens (tertiary/aromatic N) is 1. The molecule has 0 amide bonds. The minimum absolute atomic E-state index is 0.118. The Balaban J connectivity index is 2.09. The third-order valence-corrected chi connectivity index (χ3v) is 3.07. The Hall–Kier alpha value is -0.330. The molecule has 6 heteroatoms. The summed E-state index contributed by atoms with van der Waals surface area (Å²) in [5.74, 6) is 0. The highest BCUT2D eigenvalue weighted by atomic mass is 19.4. The van der Waals surface area contributed by atoms with Crippen molar-refractivity contribution in [2.45, 2.75) is 37.9 Å². The lowest BCUT2D eigenvalue weighted by molar-refractivity contribution is -0.138. The zero-order valence-electron chi connectivity index (χ0n) is 9.97. The van der Waals surface area contributed by atoms with Crippen LogP contribution in [-0.2, 0) is 0 Å². The molecule has 17 heavy (non-hydrogen) atoms. The van der Waals surface area contributed by atoms with Crippen molar-refractivity contribution in [3.05, 3.63) is 0 Å². The summed E-state index contributed by atoms with van der Waals surface area (Å²) in [5, 5.41) is 11.9. The van der Waals surface area contributed by atoms with Crippen molar-refractivity contribution < 1.29 is 18.3 Å². The van der Waals surface area contributed by atoms with Crippen molar-refractivity contribution in [3.8, 4) is 0 Å². The summed E-state index contributed by atoms with van der Waals surface area (Å²) in [6.07, 6.45) is -2.24. The van der Waals surface area contributed by atoms with E-state index in [4.69, 9.17) is 5.11 Å². The van der Waals surface area contributed by atoms with E-state index in [9.17, 15) is 13.2 Å². The van der Waals surface area contributed by atoms with E-state index in [0.717, 1.165) is 38.9 Å². The average Bonchev–Trinajstić information content (AvgIpc) is 2.27. The summed E-state index contributed by atoms with van der Waals surface area (Å²) >= 11 is 0. The maximum absolute atomic E-state index is 12.0. The van der Waals surface area contributed by atoms with Gasteiger partial charge in [-0.25, -0.2) is 0 Å². The molecule has 0 radical (unpaired) electrons. The quantitative estimate of drug-likeness (QED) is 0.703. The third kappa shape index (κ3) is 6.85. The molecule has 1 aliphatic heterocycles. The van der Waals surface area contributed by atoms with Crippen molar-refractivity contribution in [3.63, 3.8) is 0 Å². The van der Waals surface area contributed by atoms with Crippen LogP contribution >= 0.6 is 0 Å². The Kier molecular flexibility index (Phi) is 6.22. The number of nitrogens with one attached hydrogen (secondary N) is 1. The molecule has 0 atom stereocenters. The Morgan fingerprint density at radius 2 is 1.88 bits per heavy atom. The van der Waals surface area contributed by atoms with Gasteiger partial charge in [-0.3, -0.25) is 0 Å². The van der Waals surface area contributed by atoms with E-state index in [2.05, 4.69) is 5.32 Å². The van der Waals surface area contributed by atoms with Gasteiger partial charge in [0.1, 0.15) is 0 Å². The maximum Gasteiger partial charge on any atom is 0.390 e. The van der Waals surface area contributed by atoms with Crippen molar-refractivity contribution in [1.29, 1.82) is 0 Å². The summed E-state index contributed by atoms with van der Waals surface area (Å²) < 4.78 is 36.1. The smallest absolute Gasteiger partial charge is 0.390 e. The first-order chi connectivity index (χ1) is 8.01. The molecule has 0 aliphatic carbocycles. The van der Waals surface area contributed by atoms with Gasteiger partial charge in [0.05, 0.1) is 6.42 Å². The number of alkyl halides is 3. The Bertz CT molecular complexity index is 203. The van der Waals surface area contributed by atoms with E-state index in [-0.39, 0.29) is 13.2 Å². The summed E-state index contributed by atoms with van der Waals surface area (Å²) in [5.41, 5.74) is 0. The normalized spacial score (nSPS) is 19.8. The molecule has 102 valence electrons. The molecule has 0 bridgehead atoms. The van der Waals surface area contributed by atoms with Gasteiger partial charge in [-0.1, -0.05) is 0 Å². The molecular weight excluding hydrogens is 233 g/mol. The summed E-state index contributed by atoms with van der Waals surface area (Å²) in [6.45, 7) is 2.54. The molecule has 2 N–H and O–H groups in total. The van der Waals surface area contributed by atoms with E-state index < -0.39 is 12.6 Å². The number of hydrogen-bond acceptors (Lipinski definition) is 3. The van der Waals surface area contributed by atoms with Gasteiger partial charge in [0.2, 0.25) is 0 Å². The fourth-order valence-electron chi connectivity index (χ4n) is 2.03. The van der Waals surface area contributed by atoms with E-state index in [1.807, 2.05) is 4.90 Å². The van der Waals surface area contributed by atoms with Crippen LogP contribution in [0.15, 0.2) is 0 Å². The van der Waals surface area contributed by atoms with Crippen molar-refractivity contribution in [1.82, 2.24) is 10.2 Å². The fourth-order valence-corrected chi connectivity index (χ4v) is 2.03. The molecule has 0 aromatic heterocycles. The number of aliphatic hydroxyl groups is 1. The van der Waals surface area contributed by atoms with Crippen molar-refractivity contribution >= 4 is 0 Å². The van der Waals surface area contributed by atoms with Gasteiger partial charge in [0, 0.05) is 19.2 Å². The first kappa shape index (κ1) is 14.7. The van der Waals surface area contributed by atoms with Crippen LogP contribution in [0.5, 0.6) is 0 Å². The van der Waals surface area contributed by atoms with E-state index in [0.29, 0.717) is 6.04 Å².